The summed E-state index contributed by atoms with van der Waals surface area (Å²) >= 11 is 0. The second kappa shape index (κ2) is 6.87. The van der Waals surface area contributed by atoms with Crippen LogP contribution in [0.5, 0.6) is 0 Å². The van der Waals surface area contributed by atoms with Gasteiger partial charge in [-0.05, 0) is 55.7 Å². The topological polar surface area (TPSA) is 33.1 Å². The van der Waals surface area contributed by atoms with E-state index in [-0.39, 0.29) is 0 Å². The Bertz CT molecular complexity index is 532. The van der Waals surface area contributed by atoms with Gasteiger partial charge in [-0.25, -0.2) is 4.68 Å². The Labute approximate surface area is 126 Å². The quantitative estimate of drug-likeness (QED) is 0.883. The number of likely N-dealkylation sites (tertiary alicyclic amines) is 1. The predicted molar refractivity (Wildman–Crippen MR) is 85.5 cm³/mol. The van der Waals surface area contributed by atoms with Crippen LogP contribution in [0.1, 0.15) is 18.9 Å². The van der Waals surface area contributed by atoms with Gasteiger partial charge in [-0.15, -0.1) is 0 Å². The lowest BCUT2D eigenvalue weighted by atomic mass is 10.1. The van der Waals surface area contributed by atoms with Gasteiger partial charge >= 0.3 is 0 Å². The molecule has 1 aliphatic heterocycles. The first-order valence-electron chi connectivity index (χ1n) is 7.87. The highest BCUT2D eigenvalue weighted by Gasteiger charge is 2.20. The van der Waals surface area contributed by atoms with Crippen LogP contribution in [0.15, 0.2) is 42.7 Å². The van der Waals surface area contributed by atoms with Gasteiger partial charge in [0.15, 0.2) is 0 Å². The fourth-order valence-corrected chi connectivity index (χ4v) is 2.98. The average Bonchev–Trinajstić information content (AvgIpc) is 3.19. The zero-order valence-electron chi connectivity index (χ0n) is 12.7. The molecule has 1 aromatic carbocycles. The molecule has 0 aliphatic carbocycles. The van der Waals surface area contributed by atoms with Crippen LogP contribution in [0.25, 0.3) is 5.69 Å². The molecule has 2 aromatic rings. The summed E-state index contributed by atoms with van der Waals surface area (Å²) in [6.07, 6.45) is 5.10. The molecule has 4 nitrogen and oxygen atoms in total. The monoisotopic (exact) mass is 284 g/mol. The van der Waals surface area contributed by atoms with Crippen molar-refractivity contribution in [2.24, 2.45) is 5.92 Å². The second-order valence-corrected chi connectivity index (χ2v) is 5.80. The third kappa shape index (κ3) is 3.71. The van der Waals surface area contributed by atoms with E-state index < -0.39 is 0 Å². The molecule has 1 aliphatic rings. The van der Waals surface area contributed by atoms with Gasteiger partial charge in [0.1, 0.15) is 0 Å². The normalized spacial score (nSPS) is 19.2. The van der Waals surface area contributed by atoms with Gasteiger partial charge in [-0.3, -0.25) is 0 Å². The van der Waals surface area contributed by atoms with E-state index in [1.165, 1.54) is 31.6 Å². The Morgan fingerprint density at radius 3 is 2.81 bits per heavy atom. The molecule has 21 heavy (non-hydrogen) atoms. The van der Waals surface area contributed by atoms with E-state index in [9.17, 15) is 0 Å². The highest BCUT2D eigenvalue weighted by atomic mass is 15.3. The van der Waals surface area contributed by atoms with Crippen molar-refractivity contribution in [3.8, 4) is 5.69 Å². The summed E-state index contributed by atoms with van der Waals surface area (Å²) in [5, 5.41) is 7.84. The molecular weight excluding hydrogens is 260 g/mol. The van der Waals surface area contributed by atoms with Crippen LogP contribution < -0.4 is 5.32 Å². The Balaban J connectivity index is 1.46. The minimum Gasteiger partial charge on any atom is -0.312 e. The van der Waals surface area contributed by atoms with E-state index in [0.717, 1.165) is 24.7 Å². The Morgan fingerprint density at radius 2 is 2.14 bits per heavy atom. The first kappa shape index (κ1) is 14.3. The van der Waals surface area contributed by atoms with Crippen LogP contribution in [-0.4, -0.2) is 40.9 Å². The molecule has 0 radical (unpaired) electrons. The van der Waals surface area contributed by atoms with Crippen LogP contribution in [0, 0.1) is 5.92 Å². The second-order valence-electron chi connectivity index (χ2n) is 5.80. The van der Waals surface area contributed by atoms with Gasteiger partial charge in [0, 0.05) is 25.5 Å². The maximum atomic E-state index is 4.24. The van der Waals surface area contributed by atoms with E-state index in [1.807, 2.05) is 16.9 Å². The summed E-state index contributed by atoms with van der Waals surface area (Å²) in [5.41, 5.74) is 2.44. The van der Waals surface area contributed by atoms with Crippen LogP contribution in [0.3, 0.4) is 0 Å². The molecule has 0 saturated carbocycles. The molecule has 1 atom stereocenters. The molecule has 1 fully saturated rings. The Hall–Kier alpha value is -1.65. The highest BCUT2D eigenvalue weighted by molar-refractivity contribution is 5.33. The molecule has 112 valence electrons. The average molecular weight is 284 g/mol. The largest absolute Gasteiger partial charge is 0.312 e. The standard InChI is InChI=1S/C17H24N4/c1-2-20-11-8-16(14-20)13-18-12-15-4-6-17(7-5-15)21-10-3-9-19-21/h3-7,9-10,16,18H,2,8,11-14H2,1H3. The van der Waals surface area contributed by atoms with Crippen molar-refractivity contribution in [1.82, 2.24) is 20.0 Å². The van der Waals surface area contributed by atoms with Gasteiger partial charge in [0.2, 0.25) is 0 Å². The lowest BCUT2D eigenvalue weighted by Crippen LogP contribution is -2.26. The first-order valence-corrected chi connectivity index (χ1v) is 7.87. The van der Waals surface area contributed by atoms with Crippen molar-refractivity contribution in [3.05, 3.63) is 48.3 Å². The number of aromatic nitrogens is 2. The molecule has 0 amide bonds. The molecule has 1 unspecified atom stereocenters. The van der Waals surface area contributed by atoms with Gasteiger partial charge in [-0.2, -0.15) is 5.10 Å². The SMILES string of the molecule is CCN1CCC(CNCc2ccc(-n3cccn3)cc2)C1. The van der Waals surface area contributed by atoms with Crippen molar-refractivity contribution >= 4 is 0 Å². The summed E-state index contributed by atoms with van der Waals surface area (Å²) in [5.74, 6) is 0.813. The molecular formula is C17H24N4. The van der Waals surface area contributed by atoms with Gasteiger partial charge in [0.05, 0.1) is 5.69 Å². The molecule has 2 heterocycles. The number of nitrogens with zero attached hydrogens (tertiary/aromatic N) is 3. The van der Waals surface area contributed by atoms with E-state index in [0.29, 0.717) is 0 Å². The number of rotatable bonds is 6. The summed E-state index contributed by atoms with van der Waals surface area (Å²) in [7, 11) is 0. The third-order valence-corrected chi connectivity index (χ3v) is 4.28. The highest BCUT2D eigenvalue weighted by Crippen LogP contribution is 2.15. The summed E-state index contributed by atoms with van der Waals surface area (Å²) < 4.78 is 1.88. The maximum absolute atomic E-state index is 4.24. The summed E-state index contributed by atoms with van der Waals surface area (Å²) in [4.78, 5) is 2.53. The molecule has 3 rings (SSSR count). The number of nitrogens with one attached hydrogen (secondary N) is 1. The van der Waals surface area contributed by atoms with Crippen molar-refractivity contribution in [3.63, 3.8) is 0 Å². The van der Waals surface area contributed by atoms with Gasteiger partial charge < -0.3 is 10.2 Å². The molecule has 4 heteroatoms. The fourth-order valence-electron chi connectivity index (χ4n) is 2.98. The molecule has 1 saturated heterocycles. The predicted octanol–water partition coefficient (Wildman–Crippen LogP) is 2.30. The van der Waals surface area contributed by atoms with Crippen molar-refractivity contribution in [1.29, 1.82) is 0 Å². The van der Waals surface area contributed by atoms with E-state index in [4.69, 9.17) is 0 Å². The smallest absolute Gasteiger partial charge is 0.0645 e. The molecule has 1 aromatic heterocycles. The molecule has 0 bridgehead atoms. The van der Waals surface area contributed by atoms with E-state index >= 15 is 0 Å². The maximum Gasteiger partial charge on any atom is 0.0645 e. The molecule has 0 spiro atoms. The van der Waals surface area contributed by atoms with Crippen LogP contribution in [0.4, 0.5) is 0 Å². The van der Waals surface area contributed by atoms with Gasteiger partial charge in [-0.1, -0.05) is 19.1 Å². The van der Waals surface area contributed by atoms with Crippen LogP contribution in [-0.2, 0) is 6.54 Å². The van der Waals surface area contributed by atoms with Crippen molar-refractivity contribution in [2.45, 2.75) is 19.9 Å². The van der Waals surface area contributed by atoms with Crippen molar-refractivity contribution in [2.75, 3.05) is 26.2 Å². The lowest BCUT2D eigenvalue weighted by Gasteiger charge is -2.14. The number of hydrogen-bond acceptors (Lipinski definition) is 3. The number of benzene rings is 1. The van der Waals surface area contributed by atoms with Crippen LogP contribution >= 0.6 is 0 Å². The Kier molecular flexibility index (Phi) is 4.68. The summed E-state index contributed by atoms with van der Waals surface area (Å²) in [6.45, 7) is 8.02. The minimum absolute atomic E-state index is 0.813. The zero-order chi connectivity index (χ0) is 14.5. The van der Waals surface area contributed by atoms with Crippen LogP contribution in [0.2, 0.25) is 0 Å². The first-order chi connectivity index (χ1) is 10.3. The molecule has 1 N–H and O–H groups in total. The third-order valence-electron chi connectivity index (χ3n) is 4.28. The van der Waals surface area contributed by atoms with E-state index in [2.05, 4.69) is 46.5 Å². The zero-order valence-corrected chi connectivity index (χ0v) is 12.7. The van der Waals surface area contributed by atoms with E-state index in [1.54, 1.807) is 6.20 Å². The lowest BCUT2D eigenvalue weighted by molar-refractivity contribution is 0.339. The summed E-state index contributed by atoms with van der Waals surface area (Å²) in [6, 6.07) is 10.5. The Morgan fingerprint density at radius 1 is 1.29 bits per heavy atom. The fraction of sp³-hybridized carbons (Fsp3) is 0.471. The van der Waals surface area contributed by atoms with Crippen molar-refractivity contribution < 1.29 is 0 Å². The number of hydrogen-bond donors (Lipinski definition) is 1. The minimum atomic E-state index is 0.813. The van der Waals surface area contributed by atoms with Gasteiger partial charge in [0.25, 0.3) is 0 Å².